The van der Waals surface area contributed by atoms with Gasteiger partial charge in [-0.25, -0.2) is 9.97 Å². The molecule has 0 spiro atoms. The lowest BCUT2D eigenvalue weighted by molar-refractivity contribution is 0.811. The molecule has 0 radical (unpaired) electrons. The Hall–Kier alpha value is -2.36. The van der Waals surface area contributed by atoms with E-state index >= 15 is 0 Å². The summed E-state index contributed by atoms with van der Waals surface area (Å²) in [5, 5.41) is 3.40. The highest BCUT2D eigenvalue weighted by molar-refractivity contribution is 5.57. The van der Waals surface area contributed by atoms with Gasteiger partial charge in [-0.15, -0.1) is 0 Å². The van der Waals surface area contributed by atoms with E-state index in [0.717, 1.165) is 17.9 Å². The smallest absolute Gasteiger partial charge is 0.139 e. The summed E-state index contributed by atoms with van der Waals surface area (Å²) in [6, 6.07) is 8.80. The zero-order valence-electron chi connectivity index (χ0n) is 17.0. The fourth-order valence-electron chi connectivity index (χ4n) is 2.82. The van der Waals surface area contributed by atoms with E-state index in [1.54, 1.807) is 12.5 Å². The summed E-state index contributed by atoms with van der Waals surface area (Å²) < 4.78 is 1.91. The number of hydrogen-bond acceptors (Lipinski definition) is 3. The molecule has 0 atom stereocenters. The molecule has 0 saturated carbocycles. The maximum atomic E-state index is 4.30. The van der Waals surface area contributed by atoms with Crippen molar-refractivity contribution in [2.24, 2.45) is 0 Å². The van der Waals surface area contributed by atoms with Gasteiger partial charge >= 0.3 is 0 Å². The first-order valence-corrected chi connectivity index (χ1v) is 9.70. The first-order chi connectivity index (χ1) is 12.5. The van der Waals surface area contributed by atoms with Crippen molar-refractivity contribution in [3.63, 3.8) is 0 Å². The number of anilines is 1. The van der Waals surface area contributed by atoms with Gasteiger partial charge < -0.3 is 5.32 Å². The van der Waals surface area contributed by atoms with Crippen LogP contribution in [0.25, 0.3) is 5.65 Å². The van der Waals surface area contributed by atoms with Crippen LogP contribution in [0, 0.1) is 0 Å². The van der Waals surface area contributed by atoms with Crippen LogP contribution in [0.1, 0.15) is 70.2 Å². The van der Waals surface area contributed by atoms with Crippen molar-refractivity contribution < 1.29 is 0 Å². The molecule has 0 aliphatic carbocycles. The first kappa shape index (κ1) is 20.0. The molecule has 1 aliphatic rings. The number of imidazole rings is 1. The molecule has 140 valence electrons. The SMILES string of the molecule is CC.CC(C)c1cc2nccn2cn1.CC(C)c1ccc2c(c1)NCC2. The maximum absolute atomic E-state index is 4.30. The molecule has 0 amide bonds. The van der Waals surface area contributed by atoms with Gasteiger partial charge in [0, 0.05) is 36.4 Å². The standard InChI is InChI=1S/C11H15N.C9H11N3.C2H6/c1-8(2)10-4-3-9-5-6-12-11(9)7-10;1-7(2)8-5-9-10-3-4-12(9)6-11-8;1-2/h3-4,7-8,12H,5-6H2,1-2H3;3-7H,1-2H3;1-2H3. The van der Waals surface area contributed by atoms with E-state index in [-0.39, 0.29) is 0 Å². The fourth-order valence-corrected chi connectivity index (χ4v) is 2.82. The lowest BCUT2D eigenvalue weighted by Crippen LogP contribution is -1.95. The van der Waals surface area contributed by atoms with Crippen molar-refractivity contribution in [3.8, 4) is 0 Å². The normalized spacial score (nSPS) is 12.2. The number of benzene rings is 1. The second kappa shape index (κ2) is 9.37. The summed E-state index contributed by atoms with van der Waals surface area (Å²) in [5.74, 6) is 1.10. The van der Waals surface area contributed by atoms with Crippen LogP contribution in [0.2, 0.25) is 0 Å². The van der Waals surface area contributed by atoms with Gasteiger partial charge in [-0.2, -0.15) is 0 Å². The quantitative estimate of drug-likeness (QED) is 0.647. The van der Waals surface area contributed by atoms with Crippen molar-refractivity contribution in [2.75, 3.05) is 11.9 Å². The zero-order chi connectivity index (χ0) is 19.1. The molecule has 1 aliphatic heterocycles. The Bertz CT molecular complexity index is 818. The highest BCUT2D eigenvalue weighted by Crippen LogP contribution is 2.26. The van der Waals surface area contributed by atoms with Gasteiger partial charge in [-0.05, 0) is 35.4 Å². The molecule has 0 bridgehead atoms. The van der Waals surface area contributed by atoms with Crippen LogP contribution in [-0.4, -0.2) is 20.9 Å². The Morgan fingerprint density at radius 1 is 1.00 bits per heavy atom. The molecule has 0 unspecified atom stereocenters. The van der Waals surface area contributed by atoms with Crippen LogP contribution >= 0.6 is 0 Å². The Labute approximate surface area is 157 Å². The van der Waals surface area contributed by atoms with Crippen molar-refractivity contribution in [1.82, 2.24) is 14.4 Å². The van der Waals surface area contributed by atoms with E-state index in [0.29, 0.717) is 11.8 Å². The Morgan fingerprint density at radius 3 is 2.46 bits per heavy atom. The molecule has 0 saturated heterocycles. The van der Waals surface area contributed by atoms with E-state index in [1.807, 2.05) is 30.5 Å². The Kier molecular flexibility index (Phi) is 7.19. The van der Waals surface area contributed by atoms with E-state index in [1.165, 1.54) is 23.2 Å². The monoisotopic (exact) mass is 352 g/mol. The summed E-state index contributed by atoms with van der Waals surface area (Å²) in [4.78, 5) is 8.49. The van der Waals surface area contributed by atoms with Gasteiger partial charge in [0.1, 0.15) is 12.0 Å². The number of nitrogens with one attached hydrogen (secondary N) is 1. The minimum Gasteiger partial charge on any atom is -0.384 e. The van der Waals surface area contributed by atoms with Crippen LogP contribution in [0.15, 0.2) is 43.0 Å². The van der Waals surface area contributed by atoms with Crippen molar-refractivity contribution in [1.29, 1.82) is 0 Å². The molecular formula is C22H32N4. The maximum Gasteiger partial charge on any atom is 0.139 e. The number of aromatic nitrogens is 3. The van der Waals surface area contributed by atoms with Crippen LogP contribution in [-0.2, 0) is 6.42 Å². The van der Waals surface area contributed by atoms with Crippen molar-refractivity contribution >= 4 is 11.3 Å². The summed E-state index contributed by atoms with van der Waals surface area (Å²) >= 11 is 0. The Balaban J connectivity index is 0.000000171. The highest BCUT2D eigenvalue weighted by atomic mass is 15.0. The molecule has 1 N–H and O–H groups in total. The van der Waals surface area contributed by atoms with Crippen LogP contribution in [0.3, 0.4) is 0 Å². The molecule has 4 heteroatoms. The summed E-state index contributed by atoms with van der Waals surface area (Å²) in [6.45, 7) is 13.8. The highest BCUT2D eigenvalue weighted by Gasteiger charge is 2.10. The van der Waals surface area contributed by atoms with Gasteiger partial charge in [0.25, 0.3) is 0 Å². The fraction of sp³-hybridized carbons (Fsp3) is 0.455. The van der Waals surface area contributed by atoms with Crippen LogP contribution < -0.4 is 5.32 Å². The topological polar surface area (TPSA) is 42.2 Å². The average Bonchev–Trinajstić information content (AvgIpc) is 3.31. The van der Waals surface area contributed by atoms with E-state index < -0.39 is 0 Å². The van der Waals surface area contributed by atoms with Gasteiger partial charge in [0.2, 0.25) is 0 Å². The van der Waals surface area contributed by atoms with Crippen LogP contribution in [0.5, 0.6) is 0 Å². The van der Waals surface area contributed by atoms with Gasteiger partial charge in [-0.3, -0.25) is 4.40 Å². The van der Waals surface area contributed by atoms with Gasteiger partial charge in [-0.1, -0.05) is 53.7 Å². The van der Waals surface area contributed by atoms with Crippen molar-refractivity contribution in [2.45, 2.75) is 59.8 Å². The number of fused-ring (bicyclic) bond motifs is 2. The Morgan fingerprint density at radius 2 is 1.77 bits per heavy atom. The molecule has 3 heterocycles. The average molecular weight is 353 g/mol. The molecule has 3 aromatic rings. The molecule has 2 aromatic heterocycles. The third-order valence-corrected chi connectivity index (χ3v) is 4.41. The lowest BCUT2D eigenvalue weighted by atomic mass is 10.0. The summed E-state index contributed by atoms with van der Waals surface area (Å²) in [6.07, 6.45) is 6.67. The van der Waals surface area contributed by atoms with Gasteiger partial charge in [0.05, 0.1) is 0 Å². The minimum absolute atomic E-state index is 0.465. The largest absolute Gasteiger partial charge is 0.384 e. The number of hydrogen-bond donors (Lipinski definition) is 1. The molecule has 4 rings (SSSR count). The van der Waals surface area contributed by atoms with E-state index in [9.17, 15) is 0 Å². The predicted molar refractivity (Wildman–Crippen MR) is 111 cm³/mol. The second-order valence-corrected chi connectivity index (χ2v) is 6.91. The van der Waals surface area contributed by atoms with Gasteiger partial charge in [0.15, 0.2) is 0 Å². The number of rotatable bonds is 2. The lowest BCUT2D eigenvalue weighted by Gasteiger charge is -2.07. The molecular weight excluding hydrogens is 320 g/mol. The van der Waals surface area contributed by atoms with E-state index in [4.69, 9.17) is 0 Å². The molecule has 4 nitrogen and oxygen atoms in total. The van der Waals surface area contributed by atoms with E-state index in [2.05, 4.69) is 61.2 Å². The minimum atomic E-state index is 0.465. The molecule has 0 fully saturated rings. The number of nitrogens with zero attached hydrogens (tertiary/aromatic N) is 3. The molecule has 1 aromatic carbocycles. The summed E-state index contributed by atoms with van der Waals surface area (Å²) in [5.41, 5.74) is 6.31. The third-order valence-electron chi connectivity index (χ3n) is 4.41. The first-order valence-electron chi connectivity index (χ1n) is 9.70. The zero-order valence-corrected chi connectivity index (χ0v) is 17.0. The summed E-state index contributed by atoms with van der Waals surface area (Å²) in [7, 11) is 0. The third kappa shape index (κ3) is 4.84. The second-order valence-electron chi connectivity index (χ2n) is 6.91. The van der Waals surface area contributed by atoms with Crippen LogP contribution in [0.4, 0.5) is 5.69 Å². The molecule has 26 heavy (non-hydrogen) atoms. The predicted octanol–water partition coefficient (Wildman–Crippen LogP) is 5.66. The van der Waals surface area contributed by atoms with Crippen molar-refractivity contribution in [3.05, 3.63) is 59.8 Å².